The Morgan fingerprint density at radius 3 is 3.07 bits per heavy atom. The molecule has 0 atom stereocenters. The summed E-state index contributed by atoms with van der Waals surface area (Å²) >= 11 is 0. The minimum absolute atomic E-state index is 0.0926. The highest BCUT2D eigenvalue weighted by Crippen LogP contribution is 2.01. The lowest BCUT2D eigenvalue weighted by atomic mass is 10.3. The Kier molecular flexibility index (Phi) is 3.50. The Labute approximate surface area is 82.5 Å². The van der Waals surface area contributed by atoms with E-state index in [1.54, 1.807) is 18.5 Å². The summed E-state index contributed by atoms with van der Waals surface area (Å²) in [7, 11) is 0. The first-order valence-corrected chi connectivity index (χ1v) is 4.12. The number of nitrogens with zero attached hydrogens (tertiary/aromatic N) is 1. The summed E-state index contributed by atoms with van der Waals surface area (Å²) in [5, 5.41) is 2.57. The van der Waals surface area contributed by atoms with Crippen LogP contribution >= 0.6 is 0 Å². The molecule has 0 bridgehead atoms. The zero-order valence-electron chi connectivity index (χ0n) is 7.87. The second-order valence-corrected chi connectivity index (χ2v) is 2.72. The van der Waals surface area contributed by atoms with Crippen LogP contribution in [0.3, 0.4) is 0 Å². The Morgan fingerprint density at radius 1 is 1.64 bits per heavy atom. The number of pyridine rings is 1. The molecule has 0 aromatic carbocycles. The molecule has 0 aliphatic carbocycles. The van der Waals surface area contributed by atoms with Crippen LogP contribution < -0.4 is 11.1 Å². The predicted molar refractivity (Wildman–Crippen MR) is 54.2 cm³/mol. The van der Waals surface area contributed by atoms with Gasteiger partial charge in [-0.1, -0.05) is 11.8 Å². The molecule has 0 spiro atoms. The second-order valence-electron chi connectivity index (χ2n) is 2.72. The van der Waals surface area contributed by atoms with Crippen molar-refractivity contribution >= 4 is 11.6 Å². The molecule has 1 aromatic heterocycles. The summed E-state index contributed by atoms with van der Waals surface area (Å²) in [6, 6.07) is 1.73. The van der Waals surface area contributed by atoms with E-state index in [0.29, 0.717) is 12.2 Å². The number of nitrogens with two attached hydrogens (primary N) is 1. The average Bonchev–Trinajstić information content (AvgIpc) is 2.12. The van der Waals surface area contributed by atoms with Gasteiger partial charge >= 0.3 is 0 Å². The summed E-state index contributed by atoms with van der Waals surface area (Å²) in [6.07, 6.45) is 3.18. The molecule has 14 heavy (non-hydrogen) atoms. The number of nitrogens with one attached hydrogen (secondary N) is 1. The zero-order chi connectivity index (χ0) is 10.4. The van der Waals surface area contributed by atoms with Crippen LogP contribution in [0.15, 0.2) is 18.5 Å². The number of amides is 1. The van der Waals surface area contributed by atoms with Gasteiger partial charge < -0.3 is 11.1 Å². The number of hydrogen-bond acceptors (Lipinski definition) is 3. The van der Waals surface area contributed by atoms with Gasteiger partial charge in [0.2, 0.25) is 5.91 Å². The second kappa shape index (κ2) is 4.87. The maximum absolute atomic E-state index is 10.5. The van der Waals surface area contributed by atoms with Crippen LogP contribution in [0, 0.1) is 11.8 Å². The van der Waals surface area contributed by atoms with E-state index in [-0.39, 0.29) is 5.91 Å². The first-order valence-electron chi connectivity index (χ1n) is 4.12. The molecule has 4 heteroatoms. The van der Waals surface area contributed by atoms with E-state index >= 15 is 0 Å². The summed E-state index contributed by atoms with van der Waals surface area (Å²) < 4.78 is 0. The number of hydrogen-bond donors (Lipinski definition) is 2. The zero-order valence-corrected chi connectivity index (χ0v) is 7.87. The van der Waals surface area contributed by atoms with Gasteiger partial charge in [0.15, 0.2) is 0 Å². The topological polar surface area (TPSA) is 68.0 Å². The molecule has 0 fully saturated rings. The Balaban J connectivity index is 2.55. The molecule has 1 amide bonds. The van der Waals surface area contributed by atoms with Crippen molar-refractivity contribution in [1.82, 2.24) is 10.3 Å². The van der Waals surface area contributed by atoms with Gasteiger partial charge in [0.1, 0.15) is 0 Å². The normalized spacial score (nSPS) is 8.64. The Bertz CT molecular complexity index is 390. The highest BCUT2D eigenvalue weighted by molar-refractivity contribution is 5.73. The van der Waals surface area contributed by atoms with Crippen molar-refractivity contribution in [3.8, 4) is 11.8 Å². The van der Waals surface area contributed by atoms with Crippen LogP contribution in [0.5, 0.6) is 0 Å². The van der Waals surface area contributed by atoms with Gasteiger partial charge in [-0.25, -0.2) is 0 Å². The van der Waals surface area contributed by atoms with Gasteiger partial charge in [-0.2, -0.15) is 0 Å². The summed E-state index contributed by atoms with van der Waals surface area (Å²) in [5.41, 5.74) is 6.84. The van der Waals surface area contributed by atoms with E-state index in [2.05, 4.69) is 22.1 Å². The fourth-order valence-corrected chi connectivity index (χ4v) is 0.841. The molecular weight excluding hydrogens is 178 g/mol. The van der Waals surface area contributed by atoms with Crippen molar-refractivity contribution < 1.29 is 4.79 Å². The van der Waals surface area contributed by atoms with E-state index in [9.17, 15) is 4.79 Å². The Hall–Kier alpha value is -2.02. The van der Waals surface area contributed by atoms with Gasteiger partial charge in [-0.3, -0.25) is 9.78 Å². The molecule has 0 saturated carbocycles. The molecule has 0 aliphatic heterocycles. The molecule has 0 aliphatic rings. The summed E-state index contributed by atoms with van der Waals surface area (Å²) in [5.74, 6) is 5.52. The van der Waals surface area contributed by atoms with Crippen LogP contribution in [0.25, 0.3) is 0 Å². The minimum Gasteiger partial charge on any atom is -0.397 e. The largest absolute Gasteiger partial charge is 0.397 e. The van der Waals surface area contributed by atoms with Crippen LogP contribution in [0.4, 0.5) is 5.69 Å². The molecule has 1 heterocycles. The lowest BCUT2D eigenvalue weighted by molar-refractivity contribution is -0.118. The minimum atomic E-state index is -0.0926. The molecule has 1 aromatic rings. The van der Waals surface area contributed by atoms with E-state index < -0.39 is 0 Å². The maximum Gasteiger partial charge on any atom is 0.217 e. The Morgan fingerprint density at radius 2 is 2.43 bits per heavy atom. The fourth-order valence-electron chi connectivity index (χ4n) is 0.841. The van der Waals surface area contributed by atoms with E-state index in [0.717, 1.165) is 5.56 Å². The molecule has 0 radical (unpaired) electrons. The highest BCUT2D eigenvalue weighted by Gasteiger charge is 1.88. The standard InChI is InChI=1S/C10H11N3O/c1-8(14)13-4-2-3-9-5-10(11)7-12-6-9/h5-7H,4,11H2,1H3,(H,13,14). The molecule has 72 valence electrons. The number of anilines is 1. The maximum atomic E-state index is 10.5. The lowest BCUT2D eigenvalue weighted by Crippen LogP contribution is -2.19. The third-order valence-electron chi connectivity index (χ3n) is 1.42. The predicted octanol–water partition coefficient (Wildman–Crippen LogP) is 0.151. The van der Waals surface area contributed by atoms with Gasteiger partial charge in [0, 0.05) is 24.9 Å². The first kappa shape index (κ1) is 10.1. The van der Waals surface area contributed by atoms with Crippen LogP contribution in [-0.2, 0) is 4.79 Å². The third-order valence-corrected chi connectivity index (χ3v) is 1.42. The van der Waals surface area contributed by atoms with Crippen molar-refractivity contribution in [3.63, 3.8) is 0 Å². The van der Waals surface area contributed by atoms with Gasteiger partial charge in [-0.15, -0.1) is 0 Å². The molecule has 4 nitrogen and oxygen atoms in total. The number of carbonyl (C=O) groups is 1. The van der Waals surface area contributed by atoms with Crippen molar-refractivity contribution in [2.75, 3.05) is 12.3 Å². The van der Waals surface area contributed by atoms with E-state index in [4.69, 9.17) is 5.73 Å². The van der Waals surface area contributed by atoms with Gasteiger partial charge in [0.05, 0.1) is 12.2 Å². The monoisotopic (exact) mass is 189 g/mol. The third kappa shape index (κ3) is 3.59. The first-order chi connectivity index (χ1) is 6.68. The van der Waals surface area contributed by atoms with Crippen molar-refractivity contribution in [2.24, 2.45) is 0 Å². The average molecular weight is 189 g/mol. The molecule has 1 rings (SSSR count). The fraction of sp³-hybridized carbons (Fsp3) is 0.200. The lowest BCUT2D eigenvalue weighted by Gasteiger charge is -1.93. The summed E-state index contributed by atoms with van der Waals surface area (Å²) in [4.78, 5) is 14.4. The number of aromatic nitrogens is 1. The van der Waals surface area contributed by atoms with E-state index in [1.165, 1.54) is 6.92 Å². The number of nitrogen functional groups attached to an aromatic ring is 1. The molecular formula is C10H11N3O. The van der Waals surface area contributed by atoms with E-state index in [1.807, 2.05) is 0 Å². The smallest absolute Gasteiger partial charge is 0.217 e. The van der Waals surface area contributed by atoms with Gasteiger partial charge in [0.25, 0.3) is 0 Å². The molecule has 3 N–H and O–H groups in total. The molecule has 0 saturated heterocycles. The van der Waals surface area contributed by atoms with Crippen molar-refractivity contribution in [2.45, 2.75) is 6.92 Å². The highest BCUT2D eigenvalue weighted by atomic mass is 16.1. The number of rotatable bonds is 1. The van der Waals surface area contributed by atoms with Crippen molar-refractivity contribution in [3.05, 3.63) is 24.0 Å². The summed E-state index contributed by atoms with van der Waals surface area (Å²) in [6.45, 7) is 1.79. The molecule has 0 unspecified atom stereocenters. The van der Waals surface area contributed by atoms with Crippen LogP contribution in [0.2, 0.25) is 0 Å². The number of carbonyl (C=O) groups excluding carboxylic acids is 1. The SMILES string of the molecule is CC(=O)NCC#Cc1cncc(N)c1. The van der Waals surface area contributed by atoms with Gasteiger partial charge in [-0.05, 0) is 6.07 Å². The quantitative estimate of drug-likeness (QED) is 0.618. The van der Waals surface area contributed by atoms with Crippen LogP contribution in [-0.4, -0.2) is 17.4 Å². The van der Waals surface area contributed by atoms with Crippen LogP contribution in [0.1, 0.15) is 12.5 Å². The van der Waals surface area contributed by atoms with Crippen molar-refractivity contribution in [1.29, 1.82) is 0 Å².